The van der Waals surface area contributed by atoms with Crippen molar-refractivity contribution in [2.45, 2.75) is 6.92 Å². The predicted molar refractivity (Wildman–Crippen MR) is 95.8 cm³/mol. The molecule has 0 radical (unpaired) electrons. The van der Waals surface area contributed by atoms with Crippen molar-refractivity contribution in [3.63, 3.8) is 0 Å². The number of aromatic nitrogens is 2. The van der Waals surface area contributed by atoms with Gasteiger partial charge in [-0.3, -0.25) is 4.79 Å². The van der Waals surface area contributed by atoms with Crippen LogP contribution in [0.15, 0.2) is 66.9 Å². The number of hydrogen-bond donors (Lipinski definition) is 3. The van der Waals surface area contributed by atoms with Crippen LogP contribution in [0.2, 0.25) is 0 Å². The third-order valence-corrected chi connectivity index (χ3v) is 3.16. The second-order valence-corrected chi connectivity index (χ2v) is 5.14. The Morgan fingerprint density at radius 2 is 1.50 bits per heavy atom. The van der Waals surface area contributed by atoms with Crippen molar-refractivity contribution in [1.82, 2.24) is 9.97 Å². The van der Waals surface area contributed by atoms with Crippen molar-refractivity contribution in [2.75, 3.05) is 16.0 Å². The highest BCUT2D eigenvalue weighted by Crippen LogP contribution is 2.19. The molecule has 0 saturated carbocycles. The Balaban J connectivity index is 1.69. The fourth-order valence-corrected chi connectivity index (χ4v) is 2.13. The van der Waals surface area contributed by atoms with Crippen molar-refractivity contribution >= 4 is 34.7 Å². The SMILES string of the molecule is CC(=O)Nc1ccc(Nc2ccnc(Nc3ccccc3)n2)cc1. The van der Waals surface area contributed by atoms with Crippen LogP contribution in [0.4, 0.5) is 28.8 Å². The van der Waals surface area contributed by atoms with Crippen LogP contribution in [0.5, 0.6) is 0 Å². The van der Waals surface area contributed by atoms with E-state index in [0.717, 1.165) is 17.1 Å². The van der Waals surface area contributed by atoms with Gasteiger partial charge < -0.3 is 16.0 Å². The molecule has 0 saturated heterocycles. The molecular formula is C18H17N5O. The molecule has 0 fully saturated rings. The van der Waals surface area contributed by atoms with Gasteiger partial charge in [0, 0.05) is 30.2 Å². The number of para-hydroxylation sites is 1. The predicted octanol–water partition coefficient (Wildman–Crippen LogP) is 3.92. The second kappa shape index (κ2) is 7.23. The van der Waals surface area contributed by atoms with Gasteiger partial charge in [-0.05, 0) is 42.5 Å². The summed E-state index contributed by atoms with van der Waals surface area (Å²) in [7, 11) is 0. The number of carbonyl (C=O) groups is 1. The van der Waals surface area contributed by atoms with Crippen molar-refractivity contribution in [2.24, 2.45) is 0 Å². The monoisotopic (exact) mass is 319 g/mol. The molecule has 1 heterocycles. The molecule has 0 spiro atoms. The number of nitrogens with one attached hydrogen (secondary N) is 3. The van der Waals surface area contributed by atoms with E-state index in [4.69, 9.17) is 0 Å². The summed E-state index contributed by atoms with van der Waals surface area (Å²) in [5.74, 6) is 1.10. The molecule has 6 nitrogen and oxygen atoms in total. The summed E-state index contributed by atoms with van der Waals surface area (Å²) in [6, 6.07) is 18.9. The van der Waals surface area contributed by atoms with E-state index < -0.39 is 0 Å². The number of carbonyl (C=O) groups excluding carboxylic acids is 1. The van der Waals surface area contributed by atoms with Crippen LogP contribution in [-0.4, -0.2) is 15.9 Å². The Hall–Kier alpha value is -3.41. The fraction of sp³-hybridized carbons (Fsp3) is 0.0556. The molecule has 0 aliphatic carbocycles. The molecule has 1 amide bonds. The maximum absolute atomic E-state index is 11.0. The van der Waals surface area contributed by atoms with Crippen molar-refractivity contribution in [3.8, 4) is 0 Å². The number of rotatable bonds is 5. The Bertz CT molecular complexity index is 818. The molecule has 0 bridgehead atoms. The lowest BCUT2D eigenvalue weighted by molar-refractivity contribution is -0.114. The van der Waals surface area contributed by atoms with Gasteiger partial charge in [0.2, 0.25) is 11.9 Å². The van der Waals surface area contributed by atoms with Crippen molar-refractivity contribution in [1.29, 1.82) is 0 Å². The minimum absolute atomic E-state index is 0.0943. The summed E-state index contributed by atoms with van der Waals surface area (Å²) < 4.78 is 0. The molecule has 0 atom stereocenters. The van der Waals surface area contributed by atoms with Gasteiger partial charge >= 0.3 is 0 Å². The third kappa shape index (κ3) is 4.30. The topological polar surface area (TPSA) is 78.9 Å². The van der Waals surface area contributed by atoms with E-state index in [1.807, 2.05) is 54.6 Å². The first kappa shape index (κ1) is 15.5. The molecule has 3 aromatic rings. The Labute approximate surface area is 140 Å². The van der Waals surface area contributed by atoms with Gasteiger partial charge in [0.05, 0.1) is 0 Å². The first-order chi connectivity index (χ1) is 11.7. The Morgan fingerprint density at radius 1 is 0.833 bits per heavy atom. The number of anilines is 5. The van der Waals surface area contributed by atoms with E-state index in [1.165, 1.54) is 6.92 Å². The van der Waals surface area contributed by atoms with Gasteiger partial charge in [0.15, 0.2) is 0 Å². The molecular weight excluding hydrogens is 302 g/mol. The van der Waals surface area contributed by atoms with E-state index in [1.54, 1.807) is 12.3 Å². The van der Waals surface area contributed by atoms with E-state index in [9.17, 15) is 4.79 Å². The standard InChI is InChI=1S/C18H17N5O/c1-13(24)20-15-7-9-16(10-8-15)21-17-11-12-19-18(23-17)22-14-5-3-2-4-6-14/h2-12H,1H3,(H,20,24)(H2,19,21,22,23). The highest BCUT2D eigenvalue weighted by atomic mass is 16.1. The molecule has 2 aromatic carbocycles. The summed E-state index contributed by atoms with van der Waals surface area (Å²) in [6.45, 7) is 1.48. The summed E-state index contributed by atoms with van der Waals surface area (Å²) in [4.78, 5) is 19.7. The van der Waals surface area contributed by atoms with Crippen LogP contribution in [-0.2, 0) is 4.79 Å². The minimum Gasteiger partial charge on any atom is -0.340 e. The molecule has 3 N–H and O–H groups in total. The summed E-state index contributed by atoms with van der Waals surface area (Å²) >= 11 is 0. The molecule has 0 unspecified atom stereocenters. The molecule has 6 heteroatoms. The maximum atomic E-state index is 11.0. The highest BCUT2D eigenvalue weighted by molar-refractivity contribution is 5.88. The van der Waals surface area contributed by atoms with Crippen LogP contribution < -0.4 is 16.0 Å². The minimum atomic E-state index is -0.0943. The lowest BCUT2D eigenvalue weighted by atomic mass is 10.2. The van der Waals surface area contributed by atoms with Gasteiger partial charge in [-0.25, -0.2) is 4.98 Å². The average Bonchev–Trinajstić information content (AvgIpc) is 2.57. The Kier molecular flexibility index (Phi) is 4.67. The summed E-state index contributed by atoms with van der Waals surface area (Å²) in [6.07, 6.45) is 1.69. The average molecular weight is 319 g/mol. The highest BCUT2D eigenvalue weighted by Gasteiger charge is 2.01. The largest absolute Gasteiger partial charge is 0.340 e. The lowest BCUT2D eigenvalue weighted by Crippen LogP contribution is -2.05. The maximum Gasteiger partial charge on any atom is 0.229 e. The zero-order valence-electron chi connectivity index (χ0n) is 13.2. The zero-order chi connectivity index (χ0) is 16.8. The third-order valence-electron chi connectivity index (χ3n) is 3.16. The lowest BCUT2D eigenvalue weighted by Gasteiger charge is -2.09. The molecule has 0 aliphatic rings. The normalized spacial score (nSPS) is 10.0. The second-order valence-electron chi connectivity index (χ2n) is 5.14. The fourth-order valence-electron chi connectivity index (χ4n) is 2.13. The van der Waals surface area contributed by atoms with Crippen LogP contribution >= 0.6 is 0 Å². The summed E-state index contributed by atoms with van der Waals surface area (Å²) in [5.41, 5.74) is 2.55. The van der Waals surface area contributed by atoms with E-state index >= 15 is 0 Å². The zero-order valence-corrected chi connectivity index (χ0v) is 13.2. The molecule has 24 heavy (non-hydrogen) atoms. The number of nitrogens with zero attached hydrogens (tertiary/aromatic N) is 2. The van der Waals surface area contributed by atoms with Crippen LogP contribution in [0.25, 0.3) is 0 Å². The Morgan fingerprint density at radius 3 is 2.21 bits per heavy atom. The van der Waals surface area contributed by atoms with Gasteiger partial charge in [-0.1, -0.05) is 18.2 Å². The van der Waals surface area contributed by atoms with E-state index in [-0.39, 0.29) is 5.91 Å². The summed E-state index contributed by atoms with van der Waals surface area (Å²) in [5, 5.41) is 9.09. The van der Waals surface area contributed by atoms with Gasteiger partial charge in [-0.2, -0.15) is 4.98 Å². The number of benzene rings is 2. The van der Waals surface area contributed by atoms with E-state index in [0.29, 0.717) is 11.8 Å². The molecule has 0 aliphatic heterocycles. The van der Waals surface area contributed by atoms with Crippen molar-refractivity contribution < 1.29 is 4.79 Å². The number of amides is 1. The van der Waals surface area contributed by atoms with Crippen LogP contribution in [0.1, 0.15) is 6.92 Å². The van der Waals surface area contributed by atoms with Gasteiger partial charge in [-0.15, -0.1) is 0 Å². The first-order valence-corrected chi connectivity index (χ1v) is 7.49. The van der Waals surface area contributed by atoms with Crippen LogP contribution in [0.3, 0.4) is 0 Å². The number of hydrogen-bond acceptors (Lipinski definition) is 5. The molecule has 3 rings (SSSR count). The van der Waals surface area contributed by atoms with Gasteiger partial charge in [0.25, 0.3) is 0 Å². The first-order valence-electron chi connectivity index (χ1n) is 7.49. The van der Waals surface area contributed by atoms with Gasteiger partial charge in [0.1, 0.15) is 5.82 Å². The van der Waals surface area contributed by atoms with E-state index in [2.05, 4.69) is 25.9 Å². The smallest absolute Gasteiger partial charge is 0.229 e. The quantitative estimate of drug-likeness (QED) is 0.664. The molecule has 120 valence electrons. The van der Waals surface area contributed by atoms with Crippen LogP contribution in [0, 0.1) is 0 Å². The molecule has 1 aromatic heterocycles. The van der Waals surface area contributed by atoms with Crippen molar-refractivity contribution in [3.05, 3.63) is 66.9 Å².